The highest BCUT2D eigenvalue weighted by Crippen LogP contribution is 2.27. The van der Waals surface area contributed by atoms with Gasteiger partial charge in [-0.3, -0.25) is 4.79 Å². The molecule has 0 unspecified atom stereocenters. The molecule has 2 aromatic carbocycles. The van der Waals surface area contributed by atoms with Crippen LogP contribution >= 0.6 is 0 Å². The number of rotatable bonds is 4. The van der Waals surface area contributed by atoms with Crippen LogP contribution in [0.5, 0.6) is 5.75 Å². The maximum Gasteiger partial charge on any atom is 0.249 e. The molecule has 1 amide bonds. The van der Waals surface area contributed by atoms with E-state index in [1.54, 1.807) is 19.2 Å². The Hall–Kier alpha value is -3.24. The number of hydrogen-bond donors (Lipinski definition) is 1. The molecular formula is C17H14N4O2. The molecule has 114 valence electrons. The zero-order valence-corrected chi connectivity index (χ0v) is 12.5. The fraction of sp³-hybridized carbons (Fsp3) is 0.118. The lowest BCUT2D eigenvalue weighted by Gasteiger charge is -2.09. The van der Waals surface area contributed by atoms with Gasteiger partial charge in [-0.2, -0.15) is 0 Å². The predicted octanol–water partition coefficient (Wildman–Crippen LogP) is 4.22. The Morgan fingerprint density at radius 2 is 2.09 bits per heavy atom. The fourth-order valence-corrected chi connectivity index (χ4v) is 2.61. The van der Waals surface area contributed by atoms with Gasteiger partial charge < -0.3 is 9.72 Å². The monoisotopic (exact) mass is 306 g/mol. The van der Waals surface area contributed by atoms with Crippen molar-refractivity contribution in [2.24, 2.45) is 5.11 Å². The first-order valence-electron chi connectivity index (χ1n) is 7.04. The number of nitrogens with one attached hydrogen (secondary N) is 1. The van der Waals surface area contributed by atoms with Crippen LogP contribution in [0.25, 0.3) is 21.3 Å². The Bertz CT molecular complexity index is 923. The van der Waals surface area contributed by atoms with Gasteiger partial charge in [-0.05, 0) is 33.9 Å². The minimum atomic E-state index is -0.621. The summed E-state index contributed by atoms with van der Waals surface area (Å²) in [6.45, 7) is 0. The van der Waals surface area contributed by atoms with Gasteiger partial charge in [-0.1, -0.05) is 30.3 Å². The number of aromatic amines is 1. The molecule has 3 rings (SSSR count). The molecule has 1 aromatic heterocycles. The van der Waals surface area contributed by atoms with E-state index in [0.29, 0.717) is 17.7 Å². The third kappa shape index (κ3) is 2.88. The molecule has 0 saturated carbocycles. The van der Waals surface area contributed by atoms with Crippen LogP contribution in [0.1, 0.15) is 21.5 Å². The second kappa shape index (κ2) is 6.25. The van der Waals surface area contributed by atoms with E-state index in [1.807, 2.05) is 30.5 Å². The lowest BCUT2D eigenvalue weighted by atomic mass is 10.0. The number of amides is 1. The molecular weight excluding hydrogens is 292 g/mol. The van der Waals surface area contributed by atoms with Crippen molar-refractivity contribution in [3.63, 3.8) is 0 Å². The summed E-state index contributed by atoms with van der Waals surface area (Å²) in [7, 11) is 1.55. The molecule has 0 aliphatic rings. The number of para-hydroxylation sites is 1. The van der Waals surface area contributed by atoms with Crippen LogP contribution in [-0.2, 0) is 6.42 Å². The first-order chi connectivity index (χ1) is 11.2. The van der Waals surface area contributed by atoms with Gasteiger partial charge >= 0.3 is 0 Å². The molecule has 0 saturated heterocycles. The van der Waals surface area contributed by atoms with E-state index in [1.165, 1.54) is 0 Å². The molecule has 1 heterocycles. The number of methoxy groups -OCH3 is 1. The molecule has 0 atom stereocenters. The van der Waals surface area contributed by atoms with Crippen LogP contribution in [0.2, 0.25) is 0 Å². The lowest BCUT2D eigenvalue weighted by Crippen LogP contribution is -1.98. The van der Waals surface area contributed by atoms with E-state index in [-0.39, 0.29) is 0 Å². The first-order valence-corrected chi connectivity index (χ1v) is 7.04. The van der Waals surface area contributed by atoms with Crippen molar-refractivity contribution in [1.29, 1.82) is 0 Å². The highest BCUT2D eigenvalue weighted by atomic mass is 16.5. The Morgan fingerprint density at radius 1 is 1.26 bits per heavy atom. The van der Waals surface area contributed by atoms with Gasteiger partial charge in [0.25, 0.3) is 0 Å². The highest BCUT2D eigenvalue weighted by molar-refractivity contribution is 5.95. The maximum atomic E-state index is 11.6. The van der Waals surface area contributed by atoms with E-state index >= 15 is 0 Å². The summed E-state index contributed by atoms with van der Waals surface area (Å²) in [5.74, 6) is -0.0290. The smallest absolute Gasteiger partial charge is 0.249 e. The van der Waals surface area contributed by atoms with E-state index in [0.717, 1.165) is 22.0 Å². The lowest BCUT2D eigenvalue weighted by molar-refractivity contribution is 0.1000. The van der Waals surface area contributed by atoms with E-state index in [9.17, 15) is 4.79 Å². The van der Waals surface area contributed by atoms with Crippen molar-refractivity contribution in [3.8, 4) is 5.75 Å². The molecule has 1 N–H and O–H groups in total. The third-order valence-corrected chi connectivity index (χ3v) is 3.73. The topological polar surface area (TPSA) is 90.8 Å². The number of carbonyl (C=O) groups excluding carboxylic acids is 1. The zero-order valence-electron chi connectivity index (χ0n) is 12.5. The standard InChI is InChI=1S/C17H14N4O2/c1-23-16-9-12(17(22)20-21-18)7-6-11(16)8-13-10-19-15-5-3-2-4-14(13)15/h2-7,9-10,19H,8H2,1H3. The highest BCUT2D eigenvalue weighted by Gasteiger charge is 2.11. The number of aromatic nitrogens is 1. The van der Waals surface area contributed by atoms with Crippen LogP contribution in [0.4, 0.5) is 0 Å². The average molecular weight is 306 g/mol. The van der Waals surface area contributed by atoms with E-state index in [4.69, 9.17) is 10.3 Å². The number of nitrogens with zero attached hydrogens (tertiary/aromatic N) is 3. The predicted molar refractivity (Wildman–Crippen MR) is 87.6 cm³/mol. The first kappa shape index (κ1) is 14.7. The Morgan fingerprint density at radius 3 is 2.87 bits per heavy atom. The second-order valence-corrected chi connectivity index (χ2v) is 5.06. The molecule has 0 aliphatic heterocycles. The fourth-order valence-electron chi connectivity index (χ4n) is 2.61. The molecule has 23 heavy (non-hydrogen) atoms. The van der Waals surface area contributed by atoms with Crippen molar-refractivity contribution >= 4 is 16.8 Å². The minimum Gasteiger partial charge on any atom is -0.496 e. The molecule has 0 aliphatic carbocycles. The Kier molecular flexibility index (Phi) is 3.99. The van der Waals surface area contributed by atoms with Crippen molar-refractivity contribution < 1.29 is 9.53 Å². The van der Waals surface area contributed by atoms with Gasteiger partial charge in [-0.25, -0.2) is 0 Å². The number of benzene rings is 2. The number of azide groups is 1. The molecule has 0 bridgehead atoms. The second-order valence-electron chi connectivity index (χ2n) is 5.06. The van der Waals surface area contributed by atoms with Crippen molar-refractivity contribution in [2.75, 3.05) is 7.11 Å². The molecule has 0 radical (unpaired) electrons. The number of H-pyrrole nitrogens is 1. The minimum absolute atomic E-state index is 0.308. The Labute approximate surface area is 132 Å². The summed E-state index contributed by atoms with van der Waals surface area (Å²) in [4.78, 5) is 17.4. The van der Waals surface area contributed by atoms with Crippen LogP contribution in [-0.4, -0.2) is 18.0 Å². The van der Waals surface area contributed by atoms with Crippen molar-refractivity contribution in [1.82, 2.24) is 4.98 Å². The van der Waals surface area contributed by atoms with Crippen molar-refractivity contribution in [3.05, 3.63) is 75.8 Å². The van der Waals surface area contributed by atoms with Gasteiger partial charge in [0.05, 0.1) is 7.11 Å². The summed E-state index contributed by atoms with van der Waals surface area (Å²) in [5.41, 5.74) is 11.8. The zero-order chi connectivity index (χ0) is 16.2. The third-order valence-electron chi connectivity index (χ3n) is 3.73. The SMILES string of the molecule is COc1cc(C(=O)N=[N+]=[N-])ccc1Cc1c[nH]c2ccccc12. The van der Waals surface area contributed by atoms with Gasteiger partial charge in [0.15, 0.2) is 0 Å². The molecule has 6 nitrogen and oxygen atoms in total. The summed E-state index contributed by atoms with van der Waals surface area (Å²) >= 11 is 0. The summed E-state index contributed by atoms with van der Waals surface area (Å²) in [6.07, 6.45) is 2.65. The van der Waals surface area contributed by atoms with E-state index in [2.05, 4.69) is 21.1 Å². The number of ether oxygens (including phenoxy) is 1. The van der Waals surface area contributed by atoms with Crippen LogP contribution < -0.4 is 4.74 Å². The molecule has 6 heteroatoms. The summed E-state index contributed by atoms with van der Waals surface area (Å²) < 4.78 is 5.38. The largest absolute Gasteiger partial charge is 0.496 e. The van der Waals surface area contributed by atoms with Gasteiger partial charge in [0.1, 0.15) is 5.75 Å². The maximum absolute atomic E-state index is 11.6. The number of carbonyl (C=O) groups is 1. The Balaban J connectivity index is 1.96. The normalized spacial score (nSPS) is 10.3. The molecule has 0 fully saturated rings. The summed E-state index contributed by atoms with van der Waals surface area (Å²) in [5, 5.41) is 4.25. The summed E-state index contributed by atoms with van der Waals surface area (Å²) in [6, 6.07) is 13.1. The van der Waals surface area contributed by atoms with Gasteiger partial charge in [0, 0.05) is 34.0 Å². The van der Waals surface area contributed by atoms with Gasteiger partial charge in [-0.15, -0.1) is 0 Å². The van der Waals surface area contributed by atoms with Crippen LogP contribution in [0, 0.1) is 0 Å². The molecule has 0 spiro atoms. The van der Waals surface area contributed by atoms with Crippen LogP contribution in [0.15, 0.2) is 53.8 Å². The number of hydrogen-bond acceptors (Lipinski definition) is 2. The quantitative estimate of drug-likeness (QED) is 0.444. The van der Waals surface area contributed by atoms with Crippen molar-refractivity contribution in [2.45, 2.75) is 6.42 Å². The van der Waals surface area contributed by atoms with E-state index < -0.39 is 5.91 Å². The average Bonchev–Trinajstić information content (AvgIpc) is 2.98. The number of fused-ring (bicyclic) bond motifs is 1. The molecule has 3 aromatic rings. The van der Waals surface area contributed by atoms with Gasteiger partial charge in [0.2, 0.25) is 5.91 Å². The van der Waals surface area contributed by atoms with Crippen LogP contribution in [0.3, 0.4) is 0 Å².